The largest absolute Gasteiger partial charge is 0.285 e. The Morgan fingerprint density at radius 2 is 2.57 bits per heavy atom. The van der Waals surface area contributed by atoms with Crippen molar-refractivity contribution in [2.24, 2.45) is 4.40 Å². The number of hydrogen-bond donors (Lipinski definition) is 2. The number of rotatable bonds is 0. The summed E-state index contributed by atoms with van der Waals surface area (Å²) >= 11 is 9.41. The van der Waals surface area contributed by atoms with Crippen molar-refractivity contribution >= 4 is 42.6 Å². The summed E-state index contributed by atoms with van der Waals surface area (Å²) in [6.07, 6.45) is 0. The van der Waals surface area contributed by atoms with Crippen LogP contribution in [0.3, 0.4) is 0 Å². The van der Waals surface area contributed by atoms with Crippen LogP contribution < -0.4 is 0 Å². The molecule has 0 bridgehead atoms. The van der Waals surface area contributed by atoms with Gasteiger partial charge >= 0.3 is 0 Å². The first kappa shape index (κ1) is 5.65. The van der Waals surface area contributed by atoms with E-state index < -0.39 is 0 Å². The Kier molecular flexibility index (Phi) is 1.77. The molecule has 0 spiro atoms. The Bertz CT molecular complexity index is 101. The first-order valence-electron chi connectivity index (χ1n) is 1.66. The van der Waals surface area contributed by atoms with Crippen LogP contribution in [0.25, 0.3) is 0 Å². The van der Waals surface area contributed by atoms with Crippen molar-refractivity contribution in [2.45, 2.75) is 0 Å². The van der Waals surface area contributed by atoms with Gasteiger partial charge in [0, 0.05) is 0 Å². The van der Waals surface area contributed by atoms with Gasteiger partial charge < -0.3 is 0 Å². The summed E-state index contributed by atoms with van der Waals surface area (Å²) < 4.78 is 5.54. The lowest BCUT2D eigenvalue weighted by Crippen LogP contribution is -2.08. The molecule has 40 valence electrons. The summed E-state index contributed by atoms with van der Waals surface area (Å²) in [4.78, 5) is 0. The van der Waals surface area contributed by atoms with Gasteiger partial charge in [0.15, 0.2) is 5.17 Å². The van der Waals surface area contributed by atoms with Crippen LogP contribution in [0.2, 0.25) is 0 Å². The number of thiol groups is 2. The number of hydrogen-bond acceptors (Lipinski definition) is 4. The molecular formula is C2H4N2S3. The van der Waals surface area contributed by atoms with Gasteiger partial charge in [0.1, 0.15) is 0 Å². The summed E-state index contributed by atoms with van der Waals surface area (Å²) in [7, 11) is 0. The van der Waals surface area contributed by atoms with Crippen molar-refractivity contribution in [1.82, 2.24) is 4.31 Å². The third-order valence-corrected chi connectivity index (χ3v) is 2.39. The van der Waals surface area contributed by atoms with Crippen LogP contribution in [-0.2, 0) is 0 Å². The molecule has 0 unspecified atom stereocenters. The molecule has 1 aliphatic rings. The molecule has 0 saturated carbocycles. The third kappa shape index (κ3) is 1.20. The second-order valence-corrected chi connectivity index (χ2v) is 2.63. The fourth-order valence-electron chi connectivity index (χ4n) is 0.246. The minimum atomic E-state index is 0.688. The van der Waals surface area contributed by atoms with Crippen molar-refractivity contribution in [3.05, 3.63) is 0 Å². The van der Waals surface area contributed by atoms with E-state index in [4.69, 9.17) is 0 Å². The van der Waals surface area contributed by atoms with Gasteiger partial charge in [0.25, 0.3) is 0 Å². The van der Waals surface area contributed by atoms with Gasteiger partial charge in [-0.05, 0) is 11.9 Å². The SMILES string of the molecule is SC1=NSCN1S. The van der Waals surface area contributed by atoms with E-state index in [1.807, 2.05) is 0 Å². The molecule has 1 aliphatic heterocycles. The van der Waals surface area contributed by atoms with Gasteiger partial charge in [-0.3, -0.25) is 4.31 Å². The minimum absolute atomic E-state index is 0.688. The van der Waals surface area contributed by atoms with Gasteiger partial charge in [0.2, 0.25) is 0 Å². The summed E-state index contributed by atoms with van der Waals surface area (Å²) in [5, 5.41) is 0.688. The first-order chi connectivity index (χ1) is 3.30. The molecular weight excluding hydrogens is 148 g/mol. The lowest BCUT2D eigenvalue weighted by Gasteiger charge is -2.02. The normalized spacial score (nSPS) is 20.3. The maximum absolute atomic E-state index is 3.99. The van der Waals surface area contributed by atoms with Crippen LogP contribution in [0.5, 0.6) is 0 Å². The lowest BCUT2D eigenvalue weighted by atomic mass is 11.2. The molecule has 2 nitrogen and oxygen atoms in total. The second kappa shape index (κ2) is 2.19. The highest BCUT2D eigenvalue weighted by molar-refractivity contribution is 8.04. The predicted molar refractivity (Wildman–Crippen MR) is 39.7 cm³/mol. The van der Waals surface area contributed by atoms with Crippen LogP contribution in [0.4, 0.5) is 0 Å². The van der Waals surface area contributed by atoms with E-state index in [0.717, 1.165) is 5.88 Å². The van der Waals surface area contributed by atoms with Gasteiger partial charge in [-0.15, -0.1) is 12.6 Å². The lowest BCUT2D eigenvalue weighted by molar-refractivity contribution is 0.861. The molecule has 0 atom stereocenters. The first-order valence-corrected chi connectivity index (χ1v) is 3.45. The van der Waals surface area contributed by atoms with Gasteiger partial charge in [-0.1, -0.05) is 12.8 Å². The molecule has 1 heterocycles. The Balaban J connectivity index is 2.54. The quantitative estimate of drug-likeness (QED) is 0.398. The summed E-state index contributed by atoms with van der Waals surface area (Å²) in [5.74, 6) is 0.807. The summed E-state index contributed by atoms with van der Waals surface area (Å²) in [6, 6.07) is 0. The maximum Gasteiger partial charge on any atom is 0.178 e. The molecule has 5 heteroatoms. The third-order valence-electron chi connectivity index (χ3n) is 0.557. The molecule has 0 radical (unpaired) electrons. The average molecular weight is 152 g/mol. The van der Waals surface area contributed by atoms with Gasteiger partial charge in [-0.2, -0.15) is 4.40 Å². The average Bonchev–Trinajstić information content (AvgIpc) is 1.91. The summed E-state index contributed by atoms with van der Waals surface area (Å²) in [6.45, 7) is 0. The highest BCUT2D eigenvalue weighted by atomic mass is 32.2. The van der Waals surface area contributed by atoms with E-state index in [2.05, 4.69) is 29.8 Å². The highest BCUT2D eigenvalue weighted by Crippen LogP contribution is 2.18. The molecule has 7 heavy (non-hydrogen) atoms. The zero-order chi connectivity index (χ0) is 5.28. The van der Waals surface area contributed by atoms with Crippen molar-refractivity contribution < 1.29 is 0 Å². The number of nitrogens with zero attached hydrogens (tertiary/aromatic N) is 2. The topological polar surface area (TPSA) is 15.6 Å². The summed E-state index contributed by atoms with van der Waals surface area (Å²) in [5.41, 5.74) is 0. The van der Waals surface area contributed by atoms with Crippen LogP contribution in [-0.4, -0.2) is 15.3 Å². The molecule has 0 N–H and O–H groups in total. The molecule has 0 aromatic heterocycles. The van der Waals surface area contributed by atoms with Gasteiger partial charge in [0.05, 0.1) is 5.88 Å². The zero-order valence-electron chi connectivity index (χ0n) is 3.40. The standard InChI is InChI=1S/C2H4N2S3/c5-2-3-7-1-4(2)6/h6H,1H2,(H,3,5). The van der Waals surface area contributed by atoms with Gasteiger partial charge in [-0.25, -0.2) is 0 Å². The molecule has 0 aliphatic carbocycles. The zero-order valence-corrected chi connectivity index (χ0v) is 6.01. The van der Waals surface area contributed by atoms with Crippen molar-refractivity contribution in [1.29, 1.82) is 0 Å². The molecule has 0 amide bonds. The smallest absolute Gasteiger partial charge is 0.178 e. The highest BCUT2D eigenvalue weighted by Gasteiger charge is 2.08. The van der Waals surface area contributed by atoms with E-state index in [1.54, 1.807) is 4.31 Å². The van der Waals surface area contributed by atoms with Crippen LogP contribution in [0.1, 0.15) is 0 Å². The van der Waals surface area contributed by atoms with E-state index in [9.17, 15) is 0 Å². The molecule has 0 fully saturated rings. The molecule has 0 aromatic carbocycles. The van der Waals surface area contributed by atoms with Crippen molar-refractivity contribution in [2.75, 3.05) is 5.88 Å². The monoisotopic (exact) mass is 152 g/mol. The Labute approximate surface area is 57.5 Å². The van der Waals surface area contributed by atoms with E-state index in [1.165, 1.54) is 11.9 Å². The van der Waals surface area contributed by atoms with E-state index in [-0.39, 0.29) is 0 Å². The Morgan fingerprint density at radius 1 is 1.86 bits per heavy atom. The van der Waals surface area contributed by atoms with Crippen LogP contribution in [0, 0.1) is 0 Å². The molecule has 0 aromatic rings. The maximum atomic E-state index is 3.99. The predicted octanol–water partition coefficient (Wildman–Crippen LogP) is 1.04. The van der Waals surface area contributed by atoms with Crippen LogP contribution in [0.15, 0.2) is 4.40 Å². The minimum Gasteiger partial charge on any atom is -0.285 e. The second-order valence-electron chi connectivity index (χ2n) is 1.05. The Morgan fingerprint density at radius 3 is 2.71 bits per heavy atom. The Hall–Kier alpha value is 0.520. The van der Waals surface area contributed by atoms with E-state index >= 15 is 0 Å². The molecule has 1 rings (SSSR count). The molecule has 0 saturated heterocycles. The fraction of sp³-hybridized carbons (Fsp3) is 0.500. The van der Waals surface area contributed by atoms with Crippen molar-refractivity contribution in [3.63, 3.8) is 0 Å². The van der Waals surface area contributed by atoms with Crippen molar-refractivity contribution in [3.8, 4) is 0 Å². The number of amidine groups is 1. The fourth-order valence-corrected chi connectivity index (χ4v) is 1.35. The van der Waals surface area contributed by atoms with E-state index in [0.29, 0.717) is 5.17 Å². The van der Waals surface area contributed by atoms with Crippen LogP contribution >= 0.6 is 37.4 Å².